The van der Waals surface area contributed by atoms with Crippen molar-refractivity contribution < 1.29 is 14.7 Å². The molecule has 0 spiro atoms. The molecule has 0 radical (unpaired) electrons. The zero-order chi connectivity index (χ0) is 11.0. The molecule has 5 nitrogen and oxygen atoms in total. The van der Waals surface area contributed by atoms with Crippen molar-refractivity contribution in [1.82, 2.24) is 10.2 Å². The fourth-order valence-corrected chi connectivity index (χ4v) is 0.931. The number of amides is 1. The van der Waals surface area contributed by atoms with Crippen molar-refractivity contribution in [3.8, 4) is 0 Å². The van der Waals surface area contributed by atoms with Gasteiger partial charge in [-0.2, -0.15) is 0 Å². The van der Waals surface area contributed by atoms with Crippen LogP contribution in [0.1, 0.15) is 19.8 Å². The average Bonchev–Trinajstić information content (AvgIpc) is 2.11. The molecule has 0 aromatic carbocycles. The number of likely N-dealkylation sites (N-methyl/N-ethyl adjacent to an activating group) is 1. The summed E-state index contributed by atoms with van der Waals surface area (Å²) in [5.41, 5.74) is 0. The Balaban J connectivity index is 3.55. The van der Waals surface area contributed by atoms with Gasteiger partial charge in [-0.3, -0.25) is 14.5 Å². The highest BCUT2D eigenvalue weighted by Crippen LogP contribution is 1.87. The summed E-state index contributed by atoms with van der Waals surface area (Å²) in [6.45, 7) is 3.31. The summed E-state index contributed by atoms with van der Waals surface area (Å²) in [4.78, 5) is 23.1. The smallest absolute Gasteiger partial charge is 0.304 e. The van der Waals surface area contributed by atoms with Gasteiger partial charge in [0.2, 0.25) is 5.91 Å². The van der Waals surface area contributed by atoms with Crippen molar-refractivity contribution in [3.05, 3.63) is 0 Å². The van der Waals surface area contributed by atoms with Gasteiger partial charge in [-0.1, -0.05) is 6.92 Å². The summed E-state index contributed by atoms with van der Waals surface area (Å²) in [7, 11) is 1.73. The van der Waals surface area contributed by atoms with Crippen molar-refractivity contribution in [3.63, 3.8) is 0 Å². The molecule has 1 amide bonds. The van der Waals surface area contributed by atoms with E-state index < -0.39 is 5.97 Å². The molecule has 0 fully saturated rings. The highest BCUT2D eigenvalue weighted by atomic mass is 16.4. The predicted molar refractivity (Wildman–Crippen MR) is 53.1 cm³/mol. The third kappa shape index (κ3) is 7.54. The van der Waals surface area contributed by atoms with Crippen LogP contribution < -0.4 is 5.32 Å². The molecule has 14 heavy (non-hydrogen) atoms. The number of carbonyl (C=O) groups is 2. The minimum absolute atomic E-state index is 0.0558. The van der Waals surface area contributed by atoms with E-state index in [0.29, 0.717) is 13.1 Å². The number of carboxylic acids is 1. The van der Waals surface area contributed by atoms with E-state index in [0.717, 1.165) is 6.42 Å². The molecule has 0 aliphatic carbocycles. The van der Waals surface area contributed by atoms with E-state index in [4.69, 9.17) is 5.11 Å². The first-order valence-electron chi connectivity index (χ1n) is 4.73. The summed E-state index contributed by atoms with van der Waals surface area (Å²) in [6, 6.07) is 0. The van der Waals surface area contributed by atoms with Crippen LogP contribution in [0, 0.1) is 0 Å². The van der Waals surface area contributed by atoms with E-state index >= 15 is 0 Å². The number of hydrogen-bond donors (Lipinski definition) is 2. The van der Waals surface area contributed by atoms with Crippen LogP contribution in [0.4, 0.5) is 0 Å². The number of carboxylic acid groups (broad SMARTS) is 1. The summed E-state index contributed by atoms with van der Waals surface area (Å²) in [5.74, 6) is -0.898. The van der Waals surface area contributed by atoms with E-state index in [1.165, 1.54) is 0 Å². The molecule has 5 heteroatoms. The Hall–Kier alpha value is -1.10. The van der Waals surface area contributed by atoms with Crippen LogP contribution in [0.25, 0.3) is 0 Å². The molecule has 0 aliphatic rings. The van der Waals surface area contributed by atoms with Gasteiger partial charge in [0, 0.05) is 13.1 Å². The van der Waals surface area contributed by atoms with Crippen LogP contribution in [0.2, 0.25) is 0 Å². The summed E-state index contributed by atoms with van der Waals surface area (Å²) in [6.07, 6.45) is 0.974. The summed E-state index contributed by atoms with van der Waals surface area (Å²) in [5, 5.41) is 11.1. The topological polar surface area (TPSA) is 69.6 Å². The van der Waals surface area contributed by atoms with Gasteiger partial charge >= 0.3 is 5.97 Å². The largest absolute Gasteiger partial charge is 0.481 e. The van der Waals surface area contributed by atoms with Gasteiger partial charge in [-0.15, -0.1) is 0 Å². The third-order valence-electron chi connectivity index (χ3n) is 1.69. The van der Waals surface area contributed by atoms with E-state index in [9.17, 15) is 9.59 Å². The maximum Gasteiger partial charge on any atom is 0.304 e. The second-order valence-corrected chi connectivity index (χ2v) is 3.23. The monoisotopic (exact) mass is 202 g/mol. The zero-order valence-electron chi connectivity index (χ0n) is 8.75. The molecule has 0 aromatic rings. The molecule has 0 unspecified atom stereocenters. The fraction of sp³-hybridized carbons (Fsp3) is 0.778. The molecule has 0 bridgehead atoms. The standard InChI is InChI=1S/C9H18N2O3/c1-3-5-10-8(12)7-11(2)6-4-9(13)14/h3-7H2,1-2H3,(H,10,12)(H,13,14). The quantitative estimate of drug-likeness (QED) is 0.606. The lowest BCUT2D eigenvalue weighted by molar-refractivity contribution is -0.137. The maximum absolute atomic E-state index is 11.2. The van der Waals surface area contributed by atoms with Crippen LogP contribution >= 0.6 is 0 Å². The maximum atomic E-state index is 11.2. The average molecular weight is 202 g/mol. The molecule has 0 aliphatic heterocycles. The molecular weight excluding hydrogens is 184 g/mol. The van der Waals surface area contributed by atoms with E-state index in [2.05, 4.69) is 5.32 Å². The first-order valence-corrected chi connectivity index (χ1v) is 4.73. The van der Waals surface area contributed by atoms with Crippen LogP contribution in [-0.4, -0.2) is 48.6 Å². The van der Waals surface area contributed by atoms with Crippen LogP contribution in [0.3, 0.4) is 0 Å². The summed E-state index contributed by atoms with van der Waals surface area (Å²) < 4.78 is 0. The minimum atomic E-state index is -0.842. The SMILES string of the molecule is CCCNC(=O)CN(C)CCC(=O)O. The number of nitrogens with one attached hydrogen (secondary N) is 1. The van der Waals surface area contributed by atoms with Gasteiger partial charge in [-0.05, 0) is 13.5 Å². The van der Waals surface area contributed by atoms with E-state index in [1.807, 2.05) is 6.92 Å². The van der Waals surface area contributed by atoms with Gasteiger partial charge < -0.3 is 10.4 Å². The highest BCUT2D eigenvalue weighted by Gasteiger charge is 2.06. The molecule has 0 aromatic heterocycles. The van der Waals surface area contributed by atoms with E-state index in [1.54, 1.807) is 11.9 Å². The first kappa shape index (κ1) is 12.9. The molecule has 82 valence electrons. The molecule has 2 N–H and O–H groups in total. The van der Waals surface area contributed by atoms with Gasteiger partial charge in [0.1, 0.15) is 0 Å². The molecule has 0 saturated heterocycles. The Bertz CT molecular complexity index is 194. The highest BCUT2D eigenvalue weighted by molar-refractivity contribution is 5.78. The molecule has 0 rings (SSSR count). The zero-order valence-corrected chi connectivity index (χ0v) is 8.75. The van der Waals surface area contributed by atoms with Gasteiger partial charge in [0.15, 0.2) is 0 Å². The van der Waals surface area contributed by atoms with Crippen molar-refractivity contribution in [2.75, 3.05) is 26.7 Å². The van der Waals surface area contributed by atoms with Crippen molar-refractivity contribution >= 4 is 11.9 Å². The number of hydrogen-bond acceptors (Lipinski definition) is 3. The van der Waals surface area contributed by atoms with Gasteiger partial charge in [-0.25, -0.2) is 0 Å². The number of aliphatic carboxylic acids is 1. The van der Waals surface area contributed by atoms with Crippen LogP contribution in [0.15, 0.2) is 0 Å². The van der Waals surface area contributed by atoms with Crippen LogP contribution in [-0.2, 0) is 9.59 Å². The Morgan fingerprint density at radius 1 is 1.43 bits per heavy atom. The number of nitrogens with zero attached hydrogens (tertiary/aromatic N) is 1. The molecule has 0 saturated carbocycles. The second kappa shape index (κ2) is 7.32. The third-order valence-corrected chi connectivity index (χ3v) is 1.69. The Morgan fingerprint density at radius 2 is 2.07 bits per heavy atom. The number of carbonyl (C=O) groups excluding carboxylic acids is 1. The Kier molecular flexibility index (Phi) is 6.74. The summed E-state index contributed by atoms with van der Waals surface area (Å²) >= 11 is 0. The first-order chi connectivity index (χ1) is 6.56. The van der Waals surface area contributed by atoms with Crippen molar-refractivity contribution in [2.24, 2.45) is 0 Å². The fourth-order valence-electron chi connectivity index (χ4n) is 0.931. The van der Waals surface area contributed by atoms with Crippen LogP contribution in [0.5, 0.6) is 0 Å². The normalized spacial score (nSPS) is 10.2. The predicted octanol–water partition coefficient (Wildman–Crippen LogP) is -0.0809. The lowest BCUT2D eigenvalue weighted by atomic mass is 10.4. The minimum Gasteiger partial charge on any atom is -0.481 e. The number of rotatable bonds is 7. The molecule has 0 heterocycles. The van der Waals surface area contributed by atoms with Gasteiger partial charge in [0.25, 0.3) is 0 Å². The Labute approximate surface area is 84.1 Å². The lowest BCUT2D eigenvalue weighted by Crippen LogP contribution is -2.36. The van der Waals surface area contributed by atoms with Crippen molar-refractivity contribution in [2.45, 2.75) is 19.8 Å². The van der Waals surface area contributed by atoms with E-state index in [-0.39, 0.29) is 18.9 Å². The second-order valence-electron chi connectivity index (χ2n) is 3.23. The van der Waals surface area contributed by atoms with Gasteiger partial charge in [0.05, 0.1) is 13.0 Å². The molecular formula is C9H18N2O3. The Morgan fingerprint density at radius 3 is 2.57 bits per heavy atom. The molecule has 0 atom stereocenters. The van der Waals surface area contributed by atoms with Crippen molar-refractivity contribution in [1.29, 1.82) is 0 Å². The lowest BCUT2D eigenvalue weighted by Gasteiger charge is -2.14.